The maximum Gasteiger partial charge on any atom is 0.242 e. The van der Waals surface area contributed by atoms with E-state index >= 15 is 0 Å². The van der Waals surface area contributed by atoms with Gasteiger partial charge in [-0.1, -0.05) is 19.9 Å². The molecule has 2 amide bonds. The molecule has 41 heavy (non-hydrogen) atoms. The smallest absolute Gasteiger partial charge is 0.242 e. The lowest BCUT2D eigenvalue weighted by Gasteiger charge is -2.23. The Morgan fingerprint density at radius 1 is 1.05 bits per heavy atom. The summed E-state index contributed by atoms with van der Waals surface area (Å²) in [5.74, 6) is 0.966. The lowest BCUT2D eigenvalue weighted by Crippen LogP contribution is -2.45. The van der Waals surface area contributed by atoms with E-state index in [1.165, 1.54) is 6.92 Å². The van der Waals surface area contributed by atoms with E-state index in [2.05, 4.69) is 16.0 Å². The Kier molecular flexibility index (Phi) is 9.75. The van der Waals surface area contributed by atoms with Gasteiger partial charge in [0.1, 0.15) is 6.04 Å². The van der Waals surface area contributed by atoms with Crippen LogP contribution in [0.25, 0.3) is 11.1 Å². The highest BCUT2D eigenvalue weighted by Crippen LogP contribution is 2.50. The zero-order valence-electron chi connectivity index (χ0n) is 24.7. The Morgan fingerprint density at radius 2 is 1.80 bits per heavy atom. The van der Waals surface area contributed by atoms with Crippen molar-refractivity contribution in [3.63, 3.8) is 0 Å². The van der Waals surface area contributed by atoms with Gasteiger partial charge in [0.15, 0.2) is 11.5 Å². The number of carbonyl (C=O) groups is 2. The lowest BCUT2D eigenvalue weighted by molar-refractivity contribution is -0.123. The van der Waals surface area contributed by atoms with Gasteiger partial charge in [0.2, 0.25) is 23.0 Å². The SMILES string of the molecule is COc1cc2c(c(OC)c1OC)-c1ccc(N[C@H](C(=O)NCC3CCCO3)C(C)C)c(=O)cc1[C@@H](NC(C)=O)CC2. The maximum atomic E-state index is 13.7. The Bertz CT molecular complexity index is 1340. The summed E-state index contributed by atoms with van der Waals surface area (Å²) in [5.41, 5.74) is 3.09. The number of hydrogen-bond acceptors (Lipinski definition) is 8. The number of carbonyl (C=O) groups excluding carboxylic acids is 2. The quantitative estimate of drug-likeness (QED) is 0.398. The average Bonchev–Trinajstić information content (AvgIpc) is 3.36. The van der Waals surface area contributed by atoms with Crippen LogP contribution in [0.15, 0.2) is 29.1 Å². The van der Waals surface area contributed by atoms with Gasteiger partial charge in [0.25, 0.3) is 0 Å². The molecule has 1 saturated heterocycles. The van der Waals surface area contributed by atoms with E-state index in [1.807, 2.05) is 26.0 Å². The minimum Gasteiger partial charge on any atom is -0.493 e. The molecule has 1 heterocycles. The highest BCUT2D eigenvalue weighted by molar-refractivity contribution is 5.86. The van der Waals surface area contributed by atoms with E-state index in [4.69, 9.17) is 18.9 Å². The van der Waals surface area contributed by atoms with Crippen LogP contribution in [-0.2, 0) is 20.7 Å². The van der Waals surface area contributed by atoms with Crippen LogP contribution in [0.2, 0.25) is 0 Å². The number of fused-ring (bicyclic) bond motifs is 3. The number of amides is 2. The van der Waals surface area contributed by atoms with Crippen molar-refractivity contribution in [2.45, 2.75) is 64.6 Å². The predicted octanol–water partition coefficient (Wildman–Crippen LogP) is 3.59. The summed E-state index contributed by atoms with van der Waals surface area (Å²) in [5, 5.41) is 9.19. The maximum absolute atomic E-state index is 13.7. The molecule has 3 atom stereocenters. The highest BCUT2D eigenvalue weighted by atomic mass is 16.5. The van der Waals surface area contributed by atoms with Gasteiger partial charge in [-0.15, -0.1) is 0 Å². The van der Waals surface area contributed by atoms with Crippen molar-refractivity contribution >= 4 is 17.5 Å². The molecule has 2 aromatic rings. The summed E-state index contributed by atoms with van der Waals surface area (Å²) in [6.45, 7) is 6.47. The van der Waals surface area contributed by atoms with Crippen molar-refractivity contribution in [2.24, 2.45) is 5.92 Å². The number of anilines is 1. The third-order valence-corrected chi connectivity index (χ3v) is 7.70. The first-order valence-corrected chi connectivity index (χ1v) is 14.1. The number of rotatable bonds is 10. The van der Waals surface area contributed by atoms with Gasteiger partial charge in [-0.2, -0.15) is 0 Å². The minimum atomic E-state index is -0.636. The van der Waals surface area contributed by atoms with Gasteiger partial charge >= 0.3 is 0 Å². The molecule has 1 fully saturated rings. The molecule has 0 spiro atoms. The first kappa shape index (κ1) is 30.2. The van der Waals surface area contributed by atoms with Crippen LogP contribution in [0.1, 0.15) is 57.2 Å². The summed E-state index contributed by atoms with van der Waals surface area (Å²) in [6, 6.07) is 5.94. The molecular weight excluding hydrogens is 526 g/mol. The molecule has 4 rings (SSSR count). The second kappa shape index (κ2) is 13.2. The first-order valence-electron chi connectivity index (χ1n) is 14.1. The molecule has 0 bridgehead atoms. The molecule has 222 valence electrons. The second-order valence-electron chi connectivity index (χ2n) is 10.8. The summed E-state index contributed by atoms with van der Waals surface area (Å²) >= 11 is 0. The Hall–Kier alpha value is -3.79. The number of methoxy groups -OCH3 is 3. The number of ether oxygens (including phenoxy) is 4. The third-order valence-electron chi connectivity index (χ3n) is 7.70. The van der Waals surface area contributed by atoms with Crippen LogP contribution in [0.3, 0.4) is 0 Å². The van der Waals surface area contributed by atoms with Gasteiger partial charge in [-0.25, -0.2) is 0 Å². The Morgan fingerprint density at radius 3 is 2.41 bits per heavy atom. The zero-order valence-corrected chi connectivity index (χ0v) is 24.7. The minimum absolute atomic E-state index is 0.0170. The van der Waals surface area contributed by atoms with Crippen LogP contribution >= 0.6 is 0 Å². The van der Waals surface area contributed by atoms with E-state index in [1.54, 1.807) is 33.5 Å². The second-order valence-corrected chi connectivity index (χ2v) is 10.8. The van der Waals surface area contributed by atoms with Crippen LogP contribution < -0.4 is 35.6 Å². The summed E-state index contributed by atoms with van der Waals surface area (Å²) in [6.07, 6.45) is 3.09. The fourth-order valence-electron chi connectivity index (χ4n) is 5.66. The fourth-order valence-corrected chi connectivity index (χ4v) is 5.66. The molecule has 0 aromatic heterocycles. The van der Waals surface area contributed by atoms with Gasteiger partial charge in [0.05, 0.1) is 39.2 Å². The number of benzene rings is 1. The van der Waals surface area contributed by atoms with Gasteiger partial charge in [0, 0.05) is 25.6 Å². The van der Waals surface area contributed by atoms with E-state index in [0.717, 1.165) is 29.5 Å². The molecule has 2 aliphatic rings. The van der Waals surface area contributed by atoms with Crippen LogP contribution in [0.5, 0.6) is 17.2 Å². The molecule has 0 radical (unpaired) electrons. The van der Waals surface area contributed by atoms with Gasteiger partial charge < -0.3 is 34.9 Å². The standard InChI is InChI=1S/C31H41N3O7/c1-17(2)28(31(37)32-16-20-8-7-13-41-20)34-24-12-10-21-22(15-25(24)36)23(33-18(3)35)11-9-19-14-26(38-4)29(39-5)30(40-6)27(19)21/h10,12,14-15,17,20,23,28H,7-9,11,13,16H2,1-6H3,(H,32,37)(H,33,35)(H,34,36)/t20?,23-,28-/m0/s1. The van der Waals surface area contributed by atoms with E-state index in [0.29, 0.717) is 48.8 Å². The largest absolute Gasteiger partial charge is 0.493 e. The Labute approximate surface area is 241 Å². The van der Waals surface area contributed by atoms with Crippen LogP contribution in [0, 0.1) is 5.92 Å². The van der Waals surface area contributed by atoms with E-state index < -0.39 is 12.1 Å². The monoisotopic (exact) mass is 567 g/mol. The van der Waals surface area contributed by atoms with Crippen LogP contribution in [0.4, 0.5) is 5.69 Å². The third kappa shape index (κ3) is 6.59. The number of aryl methyl sites for hydroxylation is 1. The fraction of sp³-hybridized carbons (Fsp3) is 0.516. The molecule has 10 nitrogen and oxygen atoms in total. The molecule has 2 aromatic carbocycles. The summed E-state index contributed by atoms with van der Waals surface area (Å²) in [7, 11) is 4.67. The molecule has 10 heteroatoms. The molecule has 1 aliphatic carbocycles. The van der Waals surface area contributed by atoms with Gasteiger partial charge in [-0.05, 0) is 66.5 Å². The van der Waals surface area contributed by atoms with Crippen molar-refractivity contribution in [3.8, 4) is 28.4 Å². The van der Waals surface area contributed by atoms with Crippen molar-refractivity contribution in [2.75, 3.05) is 39.8 Å². The average molecular weight is 568 g/mol. The molecule has 3 N–H and O–H groups in total. The van der Waals surface area contributed by atoms with Crippen molar-refractivity contribution in [3.05, 3.63) is 45.6 Å². The van der Waals surface area contributed by atoms with Crippen molar-refractivity contribution < 1.29 is 28.5 Å². The van der Waals surface area contributed by atoms with Crippen molar-refractivity contribution in [1.82, 2.24) is 10.6 Å². The van der Waals surface area contributed by atoms with E-state index in [9.17, 15) is 14.4 Å². The zero-order chi connectivity index (χ0) is 29.7. The topological polar surface area (TPSA) is 124 Å². The highest BCUT2D eigenvalue weighted by Gasteiger charge is 2.30. The molecule has 1 unspecified atom stereocenters. The number of nitrogens with one attached hydrogen (secondary N) is 3. The molecule has 0 saturated carbocycles. The van der Waals surface area contributed by atoms with Crippen LogP contribution in [-0.4, -0.2) is 58.4 Å². The molecular formula is C31H41N3O7. The summed E-state index contributed by atoms with van der Waals surface area (Å²) < 4.78 is 22.7. The Balaban J connectivity index is 1.80. The van der Waals surface area contributed by atoms with E-state index in [-0.39, 0.29) is 35.0 Å². The normalized spacial score (nSPS) is 18.4. The summed E-state index contributed by atoms with van der Waals surface area (Å²) in [4.78, 5) is 39.0. The predicted molar refractivity (Wildman–Crippen MR) is 157 cm³/mol. The molecule has 1 aliphatic heterocycles. The lowest BCUT2D eigenvalue weighted by atomic mass is 9.95. The van der Waals surface area contributed by atoms with Crippen molar-refractivity contribution in [1.29, 1.82) is 0 Å². The number of hydrogen-bond donors (Lipinski definition) is 3. The van der Waals surface area contributed by atoms with Gasteiger partial charge in [-0.3, -0.25) is 14.4 Å². The first-order chi connectivity index (χ1) is 19.7.